The molecule has 0 saturated carbocycles. The van der Waals surface area contributed by atoms with Crippen LogP contribution in [0, 0.1) is 0 Å². The zero-order chi connectivity index (χ0) is 19.7. The van der Waals surface area contributed by atoms with E-state index in [1.165, 1.54) is 0 Å². The number of amides is 1. The fourth-order valence-electron chi connectivity index (χ4n) is 2.93. The molecule has 0 aliphatic heterocycles. The number of H-pyrrole nitrogens is 1. The van der Waals surface area contributed by atoms with Gasteiger partial charge in [0.25, 0.3) is 11.5 Å². The molecule has 1 amide bonds. The van der Waals surface area contributed by atoms with Gasteiger partial charge in [0, 0.05) is 16.9 Å². The number of fused-ring (bicyclic) bond motifs is 1. The molecule has 0 spiro atoms. The Balaban J connectivity index is 1.66. The molecule has 1 heterocycles. The van der Waals surface area contributed by atoms with Crippen LogP contribution in [0.5, 0.6) is 0 Å². The van der Waals surface area contributed by atoms with E-state index in [0.717, 1.165) is 4.57 Å². The first kappa shape index (κ1) is 17.3. The van der Waals surface area contributed by atoms with E-state index in [4.69, 9.17) is 5.73 Å². The van der Waals surface area contributed by atoms with Crippen LogP contribution in [0.15, 0.2) is 82.4 Å². The van der Waals surface area contributed by atoms with Crippen LogP contribution in [0.4, 0.5) is 11.4 Å². The minimum absolute atomic E-state index is 0.309. The fraction of sp³-hybridized carbons (Fsp3) is 0. The van der Waals surface area contributed by atoms with E-state index in [9.17, 15) is 14.4 Å². The predicted octanol–water partition coefficient (Wildman–Crippen LogP) is 2.51. The van der Waals surface area contributed by atoms with Gasteiger partial charge in [0.15, 0.2) is 0 Å². The number of carbonyl (C=O) groups is 1. The van der Waals surface area contributed by atoms with Crippen molar-refractivity contribution in [3.8, 4) is 5.69 Å². The number of para-hydroxylation sites is 1. The summed E-state index contributed by atoms with van der Waals surface area (Å²) in [6.45, 7) is 0. The Labute approximate surface area is 159 Å². The number of nitrogens with one attached hydrogen (secondary N) is 2. The van der Waals surface area contributed by atoms with Gasteiger partial charge in [0.1, 0.15) is 0 Å². The minimum atomic E-state index is -0.539. The molecule has 4 N–H and O–H groups in total. The van der Waals surface area contributed by atoms with E-state index in [1.54, 1.807) is 72.8 Å². The smallest absolute Gasteiger partial charge is 0.333 e. The van der Waals surface area contributed by atoms with E-state index in [1.807, 2.05) is 0 Å². The maximum Gasteiger partial charge on any atom is 0.333 e. The first-order valence-electron chi connectivity index (χ1n) is 8.54. The lowest BCUT2D eigenvalue weighted by atomic mass is 10.1. The maximum absolute atomic E-state index is 12.7. The van der Waals surface area contributed by atoms with E-state index in [2.05, 4.69) is 10.3 Å². The molecule has 0 bridgehead atoms. The van der Waals surface area contributed by atoms with Gasteiger partial charge in [-0.1, -0.05) is 12.1 Å². The van der Waals surface area contributed by atoms with Crippen LogP contribution in [-0.2, 0) is 0 Å². The van der Waals surface area contributed by atoms with E-state index in [-0.39, 0.29) is 5.91 Å². The largest absolute Gasteiger partial charge is 0.399 e. The lowest BCUT2D eigenvalue weighted by Gasteiger charge is -2.08. The third-order valence-corrected chi connectivity index (χ3v) is 4.36. The van der Waals surface area contributed by atoms with Crippen LogP contribution in [0.1, 0.15) is 10.4 Å². The number of anilines is 2. The molecule has 28 heavy (non-hydrogen) atoms. The average Bonchev–Trinajstić information content (AvgIpc) is 2.70. The molecule has 7 nitrogen and oxygen atoms in total. The molecule has 0 aliphatic carbocycles. The van der Waals surface area contributed by atoms with E-state index < -0.39 is 11.2 Å². The number of carbonyl (C=O) groups excluding carboxylic acids is 1. The Morgan fingerprint density at radius 1 is 0.893 bits per heavy atom. The quantitative estimate of drug-likeness (QED) is 0.480. The molecule has 0 saturated heterocycles. The lowest BCUT2D eigenvalue weighted by Crippen LogP contribution is -2.33. The summed E-state index contributed by atoms with van der Waals surface area (Å²) in [6, 6.07) is 19.8. The maximum atomic E-state index is 12.7. The summed E-state index contributed by atoms with van der Waals surface area (Å²) in [5, 5.41) is 3.17. The SMILES string of the molecule is Nc1ccc(NC(=O)c2ccc(-n3c(=O)[nH]c4ccccc4c3=O)cc2)cc1. The summed E-state index contributed by atoms with van der Waals surface area (Å²) in [7, 11) is 0. The highest BCUT2D eigenvalue weighted by Gasteiger charge is 2.11. The van der Waals surface area contributed by atoms with Crippen molar-refractivity contribution >= 4 is 28.2 Å². The van der Waals surface area contributed by atoms with Crippen molar-refractivity contribution in [1.29, 1.82) is 0 Å². The van der Waals surface area contributed by atoms with Gasteiger partial charge in [0.05, 0.1) is 16.6 Å². The van der Waals surface area contributed by atoms with E-state index in [0.29, 0.717) is 33.5 Å². The Morgan fingerprint density at radius 3 is 2.29 bits per heavy atom. The second-order valence-corrected chi connectivity index (χ2v) is 6.24. The van der Waals surface area contributed by atoms with Crippen molar-refractivity contribution in [2.24, 2.45) is 0 Å². The second kappa shape index (κ2) is 6.88. The van der Waals surface area contributed by atoms with Crippen molar-refractivity contribution in [1.82, 2.24) is 9.55 Å². The molecule has 4 rings (SSSR count). The Morgan fingerprint density at radius 2 is 1.57 bits per heavy atom. The van der Waals surface area contributed by atoms with Gasteiger partial charge in [-0.05, 0) is 60.7 Å². The van der Waals surface area contributed by atoms with Crippen molar-refractivity contribution in [3.63, 3.8) is 0 Å². The van der Waals surface area contributed by atoms with Crippen LogP contribution in [0.3, 0.4) is 0 Å². The highest BCUT2D eigenvalue weighted by Crippen LogP contribution is 2.14. The van der Waals surface area contributed by atoms with Crippen LogP contribution >= 0.6 is 0 Å². The van der Waals surface area contributed by atoms with Gasteiger partial charge < -0.3 is 16.0 Å². The third kappa shape index (κ3) is 3.16. The zero-order valence-electron chi connectivity index (χ0n) is 14.7. The third-order valence-electron chi connectivity index (χ3n) is 4.36. The number of nitrogens with zero attached hydrogens (tertiary/aromatic N) is 1. The molecule has 0 radical (unpaired) electrons. The summed E-state index contributed by atoms with van der Waals surface area (Å²) in [5.41, 5.74) is 7.14. The number of benzene rings is 3. The van der Waals surface area contributed by atoms with Crippen molar-refractivity contribution in [2.45, 2.75) is 0 Å². The molecule has 138 valence electrons. The van der Waals surface area contributed by atoms with Crippen LogP contribution in [0.2, 0.25) is 0 Å². The average molecular weight is 372 g/mol. The van der Waals surface area contributed by atoms with E-state index >= 15 is 0 Å². The molecule has 3 aromatic carbocycles. The monoisotopic (exact) mass is 372 g/mol. The molecular weight excluding hydrogens is 356 g/mol. The van der Waals surface area contributed by atoms with Crippen molar-refractivity contribution in [3.05, 3.63) is 99.2 Å². The Bertz CT molecular complexity index is 1290. The number of aromatic amines is 1. The number of hydrogen-bond donors (Lipinski definition) is 3. The number of hydrogen-bond acceptors (Lipinski definition) is 4. The predicted molar refractivity (Wildman–Crippen MR) is 109 cm³/mol. The summed E-state index contributed by atoms with van der Waals surface area (Å²) < 4.78 is 1.05. The van der Waals surface area contributed by atoms with Crippen LogP contribution < -0.4 is 22.3 Å². The summed E-state index contributed by atoms with van der Waals surface area (Å²) >= 11 is 0. The van der Waals surface area contributed by atoms with Gasteiger partial charge in [-0.3, -0.25) is 9.59 Å². The molecule has 0 unspecified atom stereocenters. The van der Waals surface area contributed by atoms with Gasteiger partial charge >= 0.3 is 5.69 Å². The molecule has 4 aromatic rings. The van der Waals surface area contributed by atoms with Gasteiger partial charge in [-0.2, -0.15) is 0 Å². The topological polar surface area (TPSA) is 110 Å². The Hall–Kier alpha value is -4.13. The minimum Gasteiger partial charge on any atom is -0.399 e. The highest BCUT2D eigenvalue weighted by atomic mass is 16.2. The number of nitrogens with two attached hydrogens (primary N) is 1. The molecule has 0 aliphatic rings. The van der Waals surface area contributed by atoms with Crippen molar-refractivity contribution < 1.29 is 4.79 Å². The van der Waals surface area contributed by atoms with Crippen LogP contribution in [0.25, 0.3) is 16.6 Å². The second-order valence-electron chi connectivity index (χ2n) is 6.24. The highest BCUT2D eigenvalue weighted by molar-refractivity contribution is 6.04. The molecule has 7 heteroatoms. The standard InChI is InChI=1S/C21H16N4O3/c22-14-7-9-15(10-8-14)23-19(26)13-5-11-16(12-6-13)25-20(27)17-3-1-2-4-18(17)24-21(25)28/h1-12H,22H2,(H,23,26)(H,24,28). The number of nitrogen functional groups attached to an aromatic ring is 1. The molecule has 0 atom stereocenters. The number of rotatable bonds is 3. The van der Waals surface area contributed by atoms with Gasteiger partial charge in [-0.15, -0.1) is 0 Å². The first-order valence-corrected chi connectivity index (χ1v) is 8.54. The van der Waals surface area contributed by atoms with Crippen molar-refractivity contribution in [2.75, 3.05) is 11.1 Å². The molecular formula is C21H16N4O3. The molecule has 1 aromatic heterocycles. The summed E-state index contributed by atoms with van der Waals surface area (Å²) in [5.74, 6) is -0.309. The summed E-state index contributed by atoms with van der Waals surface area (Å²) in [6.07, 6.45) is 0. The number of aromatic nitrogens is 2. The normalized spacial score (nSPS) is 10.7. The molecule has 0 fully saturated rings. The van der Waals surface area contributed by atoms with Crippen LogP contribution in [-0.4, -0.2) is 15.5 Å². The fourth-order valence-corrected chi connectivity index (χ4v) is 2.93. The van der Waals surface area contributed by atoms with Gasteiger partial charge in [0.2, 0.25) is 0 Å². The van der Waals surface area contributed by atoms with Gasteiger partial charge in [-0.25, -0.2) is 9.36 Å². The Kier molecular flexibility index (Phi) is 4.25. The zero-order valence-corrected chi connectivity index (χ0v) is 14.7. The first-order chi connectivity index (χ1) is 13.5. The lowest BCUT2D eigenvalue weighted by molar-refractivity contribution is 0.102. The summed E-state index contributed by atoms with van der Waals surface area (Å²) in [4.78, 5) is 40.1.